The average molecular weight is 548 g/mol. The van der Waals surface area contributed by atoms with Crippen LogP contribution in [0.4, 0.5) is 0 Å². The van der Waals surface area contributed by atoms with Crippen LogP contribution in [0.5, 0.6) is 23.0 Å². The maximum atomic E-state index is 13.5. The number of benzene rings is 2. The number of ether oxygens (including phenoxy) is 4. The van der Waals surface area contributed by atoms with Crippen molar-refractivity contribution in [3.63, 3.8) is 0 Å². The Bertz CT molecular complexity index is 1400. The van der Waals surface area contributed by atoms with Gasteiger partial charge in [0.05, 0.1) is 31.7 Å². The van der Waals surface area contributed by atoms with Crippen LogP contribution in [-0.4, -0.2) is 64.7 Å². The number of rotatable bonds is 11. The summed E-state index contributed by atoms with van der Waals surface area (Å²) in [5, 5.41) is 11.5. The second-order valence-corrected chi connectivity index (χ2v) is 9.62. The Morgan fingerprint density at radius 1 is 1.05 bits per heavy atom. The van der Waals surface area contributed by atoms with E-state index in [0.717, 1.165) is 12.8 Å². The SMILES string of the molecule is CCCCOc1ccc([C@@H]2C(=C(O)c3ccc4c(c3)OCCO4)C(=O)C(=O)N2CCCn2ccnc2)cc1OC. The highest BCUT2D eigenvalue weighted by molar-refractivity contribution is 6.46. The van der Waals surface area contributed by atoms with E-state index in [9.17, 15) is 14.7 Å². The Hall–Kier alpha value is -4.47. The van der Waals surface area contributed by atoms with Crippen molar-refractivity contribution in [1.82, 2.24) is 14.5 Å². The molecule has 0 unspecified atom stereocenters. The summed E-state index contributed by atoms with van der Waals surface area (Å²) in [7, 11) is 1.54. The maximum Gasteiger partial charge on any atom is 0.295 e. The summed E-state index contributed by atoms with van der Waals surface area (Å²) in [6.07, 6.45) is 7.71. The number of carbonyl (C=O) groups excluding carboxylic acids is 2. The molecule has 1 amide bonds. The number of hydrogen-bond donors (Lipinski definition) is 1. The van der Waals surface area contributed by atoms with E-state index < -0.39 is 17.7 Å². The standard InChI is InChI=1S/C30H33N3O7/c1-3-4-14-38-22-8-6-20(17-24(22)37-2)27-26(28(34)21-7-9-23-25(18-21)40-16-15-39-23)29(35)30(36)33(27)12-5-11-32-13-10-31-19-32/h6-10,13,17-19,27,34H,3-5,11-12,14-16H2,1-2H3/t27-/m1/s1. The molecule has 2 aliphatic heterocycles. The van der Waals surface area contributed by atoms with Crippen molar-refractivity contribution in [2.75, 3.05) is 33.5 Å². The number of amides is 1. The normalized spacial score (nSPS) is 17.8. The maximum absolute atomic E-state index is 13.5. The fourth-order valence-corrected chi connectivity index (χ4v) is 4.95. The smallest absolute Gasteiger partial charge is 0.295 e. The summed E-state index contributed by atoms with van der Waals surface area (Å²) in [5.74, 6) is 0.388. The lowest BCUT2D eigenvalue weighted by molar-refractivity contribution is -0.139. The van der Waals surface area contributed by atoms with Crippen LogP contribution in [-0.2, 0) is 16.1 Å². The van der Waals surface area contributed by atoms with Crippen molar-refractivity contribution in [2.24, 2.45) is 0 Å². The molecule has 0 radical (unpaired) electrons. The van der Waals surface area contributed by atoms with Gasteiger partial charge in [-0.1, -0.05) is 19.4 Å². The van der Waals surface area contributed by atoms with Crippen molar-refractivity contribution in [3.8, 4) is 23.0 Å². The number of nitrogens with zero attached hydrogens (tertiary/aromatic N) is 3. The van der Waals surface area contributed by atoms with E-state index in [1.54, 1.807) is 56.0 Å². The Morgan fingerprint density at radius 2 is 1.88 bits per heavy atom. The van der Waals surface area contributed by atoms with Crippen LogP contribution < -0.4 is 18.9 Å². The van der Waals surface area contributed by atoms with Gasteiger partial charge in [0.15, 0.2) is 23.0 Å². The van der Waals surface area contributed by atoms with Crippen LogP contribution in [0.15, 0.2) is 60.7 Å². The average Bonchev–Trinajstić information content (AvgIpc) is 3.59. The number of fused-ring (bicyclic) bond motifs is 1. The number of Topliss-reactive ketones (excluding diaryl/α,β-unsaturated/α-hetero) is 1. The minimum Gasteiger partial charge on any atom is -0.507 e. The van der Waals surface area contributed by atoms with E-state index in [1.807, 2.05) is 10.8 Å². The number of ketones is 1. The first-order valence-corrected chi connectivity index (χ1v) is 13.5. The Labute approximate surface area is 232 Å². The summed E-state index contributed by atoms with van der Waals surface area (Å²) in [6.45, 7) is 4.35. The van der Waals surface area contributed by atoms with Crippen molar-refractivity contribution < 1.29 is 33.6 Å². The van der Waals surface area contributed by atoms with Gasteiger partial charge < -0.3 is 33.5 Å². The molecule has 3 aromatic rings. The Morgan fingerprint density at radius 3 is 2.62 bits per heavy atom. The van der Waals surface area contributed by atoms with Gasteiger partial charge in [-0.05, 0) is 48.7 Å². The van der Waals surface area contributed by atoms with E-state index >= 15 is 0 Å². The molecule has 1 atom stereocenters. The molecular weight excluding hydrogens is 514 g/mol. The van der Waals surface area contributed by atoms with Crippen molar-refractivity contribution in [1.29, 1.82) is 0 Å². The molecule has 1 fully saturated rings. The second kappa shape index (κ2) is 12.1. The molecule has 0 spiro atoms. The Balaban J connectivity index is 1.54. The molecule has 2 aromatic carbocycles. The van der Waals surface area contributed by atoms with E-state index in [-0.39, 0.29) is 11.3 Å². The molecule has 1 saturated heterocycles. The largest absolute Gasteiger partial charge is 0.507 e. The third kappa shape index (κ3) is 5.47. The molecule has 210 valence electrons. The summed E-state index contributed by atoms with van der Waals surface area (Å²) in [6, 6.07) is 9.48. The highest BCUT2D eigenvalue weighted by Crippen LogP contribution is 2.43. The fourth-order valence-electron chi connectivity index (χ4n) is 4.95. The van der Waals surface area contributed by atoms with Gasteiger partial charge in [-0.2, -0.15) is 0 Å². The van der Waals surface area contributed by atoms with Crippen LogP contribution >= 0.6 is 0 Å². The zero-order valence-electron chi connectivity index (χ0n) is 22.7. The molecule has 2 aliphatic rings. The molecule has 0 saturated carbocycles. The molecule has 40 heavy (non-hydrogen) atoms. The third-order valence-corrected chi connectivity index (χ3v) is 6.99. The fraction of sp³-hybridized carbons (Fsp3) is 0.367. The van der Waals surface area contributed by atoms with E-state index in [1.165, 1.54) is 4.90 Å². The predicted molar refractivity (Wildman–Crippen MR) is 147 cm³/mol. The Kier molecular flexibility index (Phi) is 8.23. The van der Waals surface area contributed by atoms with Crippen LogP contribution in [0.3, 0.4) is 0 Å². The van der Waals surface area contributed by atoms with Crippen molar-refractivity contribution in [3.05, 3.63) is 71.8 Å². The minimum atomic E-state index is -0.824. The zero-order chi connectivity index (χ0) is 28.1. The lowest BCUT2D eigenvalue weighted by atomic mass is 9.94. The van der Waals surface area contributed by atoms with Crippen LogP contribution in [0.1, 0.15) is 43.4 Å². The van der Waals surface area contributed by atoms with Gasteiger partial charge in [-0.3, -0.25) is 9.59 Å². The number of aryl methyl sites for hydroxylation is 1. The number of hydrogen-bond acceptors (Lipinski definition) is 8. The van der Waals surface area contributed by atoms with E-state index in [4.69, 9.17) is 18.9 Å². The van der Waals surface area contributed by atoms with Gasteiger partial charge in [-0.15, -0.1) is 0 Å². The number of methoxy groups -OCH3 is 1. The first kappa shape index (κ1) is 27.1. The topological polar surface area (TPSA) is 112 Å². The summed E-state index contributed by atoms with van der Waals surface area (Å²) >= 11 is 0. The van der Waals surface area contributed by atoms with Crippen LogP contribution in [0, 0.1) is 0 Å². The zero-order valence-corrected chi connectivity index (χ0v) is 22.7. The molecular formula is C30H33N3O7. The van der Waals surface area contributed by atoms with Crippen LogP contribution in [0.25, 0.3) is 5.76 Å². The van der Waals surface area contributed by atoms with Crippen LogP contribution in [0.2, 0.25) is 0 Å². The number of unbranched alkanes of at least 4 members (excludes halogenated alkanes) is 1. The number of imidazole rings is 1. The first-order chi connectivity index (χ1) is 19.5. The molecule has 0 bridgehead atoms. The highest BCUT2D eigenvalue weighted by atomic mass is 16.6. The van der Waals surface area contributed by atoms with Gasteiger partial charge in [0, 0.05) is 31.0 Å². The molecule has 1 N–H and O–H groups in total. The van der Waals surface area contributed by atoms with Gasteiger partial charge in [0.25, 0.3) is 11.7 Å². The first-order valence-electron chi connectivity index (χ1n) is 13.5. The van der Waals surface area contributed by atoms with Crippen molar-refractivity contribution in [2.45, 2.75) is 38.8 Å². The minimum absolute atomic E-state index is 0.00557. The van der Waals surface area contributed by atoms with E-state index in [2.05, 4.69) is 11.9 Å². The second-order valence-electron chi connectivity index (χ2n) is 9.62. The highest BCUT2D eigenvalue weighted by Gasteiger charge is 2.46. The lowest BCUT2D eigenvalue weighted by Gasteiger charge is -2.26. The summed E-state index contributed by atoms with van der Waals surface area (Å²) < 4.78 is 24.7. The number of likely N-dealkylation sites (tertiary alicyclic amines) is 1. The number of aliphatic hydroxyl groups excluding tert-OH is 1. The van der Waals surface area contributed by atoms with Gasteiger partial charge in [0.1, 0.15) is 19.0 Å². The third-order valence-electron chi connectivity index (χ3n) is 6.99. The molecule has 5 rings (SSSR count). The van der Waals surface area contributed by atoms with Gasteiger partial charge >= 0.3 is 0 Å². The molecule has 3 heterocycles. The van der Waals surface area contributed by atoms with Gasteiger partial charge in [0.2, 0.25) is 0 Å². The number of aliphatic hydroxyl groups is 1. The predicted octanol–water partition coefficient (Wildman–Crippen LogP) is 4.35. The van der Waals surface area contributed by atoms with Crippen molar-refractivity contribution >= 4 is 17.4 Å². The van der Waals surface area contributed by atoms with E-state index in [0.29, 0.717) is 73.5 Å². The molecule has 1 aromatic heterocycles. The molecule has 10 heteroatoms. The number of carbonyl (C=O) groups is 2. The van der Waals surface area contributed by atoms with Gasteiger partial charge in [-0.25, -0.2) is 4.98 Å². The number of aromatic nitrogens is 2. The summed E-state index contributed by atoms with van der Waals surface area (Å²) in [5.41, 5.74) is 0.990. The summed E-state index contributed by atoms with van der Waals surface area (Å²) in [4.78, 5) is 32.4. The molecule has 0 aliphatic carbocycles. The lowest BCUT2D eigenvalue weighted by Crippen LogP contribution is -2.31. The monoisotopic (exact) mass is 547 g/mol. The molecule has 10 nitrogen and oxygen atoms in total. The quantitative estimate of drug-likeness (QED) is 0.163.